The molecule has 0 spiro atoms. The molecule has 3 atom stereocenters. The number of rotatable bonds is 5. The molecular formula is C23H21NO4S. The summed E-state index contributed by atoms with van der Waals surface area (Å²) in [7, 11) is -2.43. The van der Waals surface area contributed by atoms with Gasteiger partial charge in [-0.15, -0.1) is 0 Å². The summed E-state index contributed by atoms with van der Waals surface area (Å²) >= 11 is 0. The predicted molar refractivity (Wildman–Crippen MR) is 112 cm³/mol. The first-order valence-electron chi connectivity index (χ1n) is 9.27. The van der Waals surface area contributed by atoms with Crippen LogP contribution in [-0.2, 0) is 19.6 Å². The van der Waals surface area contributed by atoms with Crippen LogP contribution in [0.25, 0.3) is 10.8 Å². The van der Waals surface area contributed by atoms with Crippen LogP contribution >= 0.6 is 0 Å². The normalized spacial score (nSPS) is 21.4. The fourth-order valence-corrected chi connectivity index (χ4v) is 5.35. The highest BCUT2D eigenvalue weighted by atomic mass is 32.2. The summed E-state index contributed by atoms with van der Waals surface area (Å²) < 4.78 is 32.8. The third kappa shape index (κ3) is 3.57. The molecule has 1 aliphatic rings. The van der Waals surface area contributed by atoms with Gasteiger partial charge in [0.05, 0.1) is 24.1 Å². The maximum atomic E-state index is 13.3. The number of sulfonamides is 1. The molecule has 5 nitrogen and oxygen atoms in total. The van der Waals surface area contributed by atoms with Gasteiger partial charge in [-0.2, -0.15) is 4.31 Å². The second-order valence-electron chi connectivity index (χ2n) is 7.03. The quantitative estimate of drug-likeness (QED) is 0.364. The fraction of sp³-hybridized carbons (Fsp3) is 0.174. The molecule has 0 N–H and O–H groups in total. The lowest BCUT2D eigenvalue weighted by molar-refractivity contribution is -0.134. The molecule has 1 saturated heterocycles. The highest BCUT2D eigenvalue weighted by Crippen LogP contribution is 2.50. The van der Waals surface area contributed by atoms with Crippen molar-refractivity contribution in [2.45, 2.75) is 23.9 Å². The minimum absolute atomic E-state index is 0.238. The van der Waals surface area contributed by atoms with Crippen molar-refractivity contribution in [2.75, 3.05) is 7.11 Å². The summed E-state index contributed by atoms with van der Waals surface area (Å²) in [6.45, 7) is 1.91. The van der Waals surface area contributed by atoms with Gasteiger partial charge in [0.15, 0.2) is 0 Å². The molecule has 0 amide bonds. The average Bonchev–Trinajstić information content (AvgIpc) is 3.47. The molecule has 1 heterocycles. The van der Waals surface area contributed by atoms with E-state index in [1.165, 1.54) is 17.5 Å². The molecule has 148 valence electrons. The molecule has 0 saturated carbocycles. The number of benzene rings is 3. The molecule has 6 heteroatoms. The zero-order valence-corrected chi connectivity index (χ0v) is 17.0. The number of hydrogen-bond acceptors (Lipinski definition) is 4. The third-order valence-electron chi connectivity index (χ3n) is 5.17. The molecule has 0 radical (unpaired) electrons. The largest absolute Gasteiger partial charge is 0.466 e. The van der Waals surface area contributed by atoms with E-state index in [9.17, 15) is 13.2 Å². The maximum absolute atomic E-state index is 13.3. The van der Waals surface area contributed by atoms with E-state index >= 15 is 0 Å². The molecule has 0 aliphatic carbocycles. The Morgan fingerprint density at radius 1 is 1.00 bits per heavy atom. The molecule has 29 heavy (non-hydrogen) atoms. The Balaban J connectivity index is 1.79. The first-order valence-corrected chi connectivity index (χ1v) is 10.7. The van der Waals surface area contributed by atoms with E-state index < -0.39 is 22.0 Å². The lowest BCUT2D eigenvalue weighted by atomic mass is 10.0. The van der Waals surface area contributed by atoms with Gasteiger partial charge in [-0.05, 0) is 35.4 Å². The lowest BCUT2D eigenvalue weighted by Gasteiger charge is -2.09. The number of fused-ring (bicyclic) bond motifs is 1. The van der Waals surface area contributed by atoms with Crippen LogP contribution in [0.15, 0.2) is 83.8 Å². The average molecular weight is 407 g/mol. The number of hydrogen-bond donors (Lipinski definition) is 0. The van der Waals surface area contributed by atoms with Crippen molar-refractivity contribution in [3.8, 4) is 0 Å². The van der Waals surface area contributed by atoms with Crippen molar-refractivity contribution in [1.82, 2.24) is 4.31 Å². The number of nitrogens with zero attached hydrogens (tertiary/aromatic N) is 1. The summed E-state index contributed by atoms with van der Waals surface area (Å²) in [5, 5.41) is 2.04. The number of esters is 1. The zero-order valence-electron chi connectivity index (χ0n) is 16.1. The number of methoxy groups -OCH3 is 1. The first-order chi connectivity index (χ1) is 13.9. The molecule has 4 rings (SSSR count). The summed E-state index contributed by atoms with van der Waals surface area (Å²) in [4.78, 5) is 11.8. The topological polar surface area (TPSA) is 63.5 Å². The number of aryl methyl sites for hydroxylation is 1. The van der Waals surface area contributed by atoms with Gasteiger partial charge in [-0.1, -0.05) is 66.2 Å². The first kappa shape index (κ1) is 19.4. The lowest BCUT2D eigenvalue weighted by Crippen LogP contribution is -2.14. The van der Waals surface area contributed by atoms with Crippen LogP contribution in [0.4, 0.5) is 0 Å². The molecule has 1 aliphatic heterocycles. The SMILES string of the molecule is COC(=O)/C=C/[C@H]1[C@H](c2cccc3ccccc23)N1S(=O)(=O)c1ccc(C)cc1. The van der Waals surface area contributed by atoms with Crippen LogP contribution in [0.3, 0.4) is 0 Å². The summed E-state index contributed by atoms with van der Waals surface area (Å²) in [6.07, 6.45) is 2.89. The molecule has 3 aromatic rings. The van der Waals surface area contributed by atoms with Gasteiger partial charge in [0.2, 0.25) is 10.0 Å². The molecule has 0 aromatic heterocycles. The van der Waals surface area contributed by atoms with E-state index in [1.54, 1.807) is 30.3 Å². The Hall–Kier alpha value is -2.96. The molecule has 0 bridgehead atoms. The number of carbonyl (C=O) groups excluding carboxylic acids is 1. The van der Waals surface area contributed by atoms with Gasteiger partial charge >= 0.3 is 5.97 Å². The summed E-state index contributed by atoms with van der Waals surface area (Å²) in [6, 6.07) is 19.7. The van der Waals surface area contributed by atoms with E-state index in [0.29, 0.717) is 0 Å². The minimum atomic E-state index is -3.72. The van der Waals surface area contributed by atoms with Gasteiger partial charge in [0, 0.05) is 6.08 Å². The number of ether oxygens (including phenoxy) is 1. The van der Waals surface area contributed by atoms with Crippen LogP contribution in [0, 0.1) is 6.92 Å². The summed E-state index contributed by atoms with van der Waals surface area (Å²) in [5.74, 6) is -0.513. The van der Waals surface area contributed by atoms with E-state index in [4.69, 9.17) is 0 Å². The monoisotopic (exact) mass is 407 g/mol. The van der Waals surface area contributed by atoms with Gasteiger partial charge < -0.3 is 4.74 Å². The Morgan fingerprint density at radius 2 is 1.69 bits per heavy atom. The van der Waals surface area contributed by atoms with Crippen LogP contribution in [-0.4, -0.2) is 31.8 Å². The van der Waals surface area contributed by atoms with Crippen molar-refractivity contribution in [3.05, 3.63) is 90.0 Å². The fourth-order valence-electron chi connectivity index (χ4n) is 3.63. The standard InChI is InChI=1S/C23H21NO4S/c1-16-10-12-18(13-11-16)29(26,27)24-21(14-15-22(25)28-2)23(24)20-9-5-7-17-6-3-4-8-19(17)20/h3-15,21,23H,1-2H3/b15-14+/t21-,23-,24?/m0/s1. The number of carbonyl (C=O) groups is 1. The van der Waals surface area contributed by atoms with E-state index in [0.717, 1.165) is 21.9 Å². The molecule has 3 aromatic carbocycles. The van der Waals surface area contributed by atoms with Gasteiger partial charge in [-0.3, -0.25) is 0 Å². The Labute approximate surface area is 170 Å². The minimum Gasteiger partial charge on any atom is -0.466 e. The highest BCUT2D eigenvalue weighted by molar-refractivity contribution is 7.89. The van der Waals surface area contributed by atoms with E-state index in [2.05, 4.69) is 4.74 Å². The molecule has 1 fully saturated rings. The van der Waals surface area contributed by atoms with Crippen molar-refractivity contribution < 1.29 is 17.9 Å². The predicted octanol–water partition coefficient (Wildman–Crippen LogP) is 3.99. The maximum Gasteiger partial charge on any atom is 0.330 e. The Bertz CT molecular complexity index is 1190. The second-order valence-corrected chi connectivity index (χ2v) is 8.88. The van der Waals surface area contributed by atoms with Crippen LogP contribution in [0.2, 0.25) is 0 Å². The second kappa shape index (κ2) is 7.46. The smallest absolute Gasteiger partial charge is 0.330 e. The van der Waals surface area contributed by atoms with Crippen molar-refractivity contribution in [1.29, 1.82) is 0 Å². The zero-order chi connectivity index (χ0) is 20.6. The van der Waals surface area contributed by atoms with Crippen molar-refractivity contribution >= 4 is 26.8 Å². The van der Waals surface area contributed by atoms with Gasteiger partial charge in [0.25, 0.3) is 0 Å². The van der Waals surface area contributed by atoms with E-state index in [1.807, 2.05) is 49.4 Å². The van der Waals surface area contributed by atoms with Crippen molar-refractivity contribution in [2.24, 2.45) is 0 Å². The van der Waals surface area contributed by atoms with Crippen LogP contribution < -0.4 is 0 Å². The Kier molecular flexibility index (Phi) is 4.98. The van der Waals surface area contributed by atoms with Gasteiger partial charge in [0.1, 0.15) is 0 Å². The third-order valence-corrected chi connectivity index (χ3v) is 7.06. The highest BCUT2D eigenvalue weighted by Gasteiger charge is 2.55. The van der Waals surface area contributed by atoms with Crippen LogP contribution in [0.1, 0.15) is 17.2 Å². The Morgan fingerprint density at radius 3 is 2.41 bits per heavy atom. The van der Waals surface area contributed by atoms with Crippen LogP contribution in [0.5, 0.6) is 0 Å². The molecular weight excluding hydrogens is 386 g/mol. The van der Waals surface area contributed by atoms with Crippen molar-refractivity contribution in [3.63, 3.8) is 0 Å². The van der Waals surface area contributed by atoms with E-state index in [-0.39, 0.29) is 10.9 Å². The summed E-state index contributed by atoms with van der Waals surface area (Å²) in [5.41, 5.74) is 1.90. The van der Waals surface area contributed by atoms with Gasteiger partial charge in [-0.25, -0.2) is 13.2 Å². The molecule has 1 unspecified atom stereocenters.